The van der Waals surface area contributed by atoms with E-state index < -0.39 is 0 Å². The lowest BCUT2D eigenvalue weighted by atomic mass is 10.1. The molecule has 0 aliphatic rings. The van der Waals surface area contributed by atoms with E-state index in [0.717, 1.165) is 18.9 Å². The standard InChI is InChI=1S/C15H25NO2/c1-6-18-15(3,4)11-16-12(2)13-9-7-8-10-14(13)17-5/h7-10,12,16H,6,11H2,1-5H3. The molecule has 3 heteroatoms. The van der Waals surface area contributed by atoms with Gasteiger partial charge in [-0.15, -0.1) is 0 Å². The Bertz CT molecular complexity index is 363. The fourth-order valence-electron chi connectivity index (χ4n) is 1.97. The van der Waals surface area contributed by atoms with Gasteiger partial charge in [0, 0.05) is 24.8 Å². The van der Waals surface area contributed by atoms with Crippen LogP contribution in [0.2, 0.25) is 0 Å². The van der Waals surface area contributed by atoms with Gasteiger partial charge in [-0.3, -0.25) is 0 Å². The van der Waals surface area contributed by atoms with Crippen molar-refractivity contribution in [2.75, 3.05) is 20.3 Å². The summed E-state index contributed by atoms with van der Waals surface area (Å²) in [5, 5.41) is 3.49. The molecule has 0 spiro atoms. The van der Waals surface area contributed by atoms with Crippen LogP contribution in [-0.4, -0.2) is 25.9 Å². The first-order valence-electron chi connectivity index (χ1n) is 6.50. The quantitative estimate of drug-likeness (QED) is 0.807. The molecular weight excluding hydrogens is 226 g/mol. The molecule has 1 aromatic rings. The third-order valence-corrected chi connectivity index (χ3v) is 2.97. The number of methoxy groups -OCH3 is 1. The zero-order valence-electron chi connectivity index (χ0n) is 12.1. The van der Waals surface area contributed by atoms with Crippen molar-refractivity contribution in [3.8, 4) is 5.75 Å². The Morgan fingerprint density at radius 1 is 1.28 bits per heavy atom. The highest BCUT2D eigenvalue weighted by atomic mass is 16.5. The molecule has 1 aromatic carbocycles. The minimum atomic E-state index is -0.148. The Hall–Kier alpha value is -1.06. The molecule has 0 amide bonds. The minimum absolute atomic E-state index is 0.148. The molecule has 0 heterocycles. The molecule has 0 saturated carbocycles. The van der Waals surface area contributed by atoms with Gasteiger partial charge in [-0.05, 0) is 33.8 Å². The summed E-state index contributed by atoms with van der Waals surface area (Å²) in [7, 11) is 1.70. The summed E-state index contributed by atoms with van der Waals surface area (Å²) in [5.74, 6) is 0.923. The fraction of sp³-hybridized carbons (Fsp3) is 0.600. The van der Waals surface area contributed by atoms with Crippen LogP contribution in [0, 0.1) is 0 Å². The highest BCUT2D eigenvalue weighted by molar-refractivity contribution is 5.35. The summed E-state index contributed by atoms with van der Waals surface area (Å²) in [6, 6.07) is 8.33. The molecular formula is C15H25NO2. The van der Waals surface area contributed by atoms with Gasteiger partial charge >= 0.3 is 0 Å². The monoisotopic (exact) mass is 251 g/mol. The van der Waals surface area contributed by atoms with E-state index in [4.69, 9.17) is 9.47 Å². The predicted octanol–water partition coefficient (Wildman–Crippen LogP) is 3.16. The van der Waals surface area contributed by atoms with Crippen molar-refractivity contribution < 1.29 is 9.47 Å². The van der Waals surface area contributed by atoms with Gasteiger partial charge < -0.3 is 14.8 Å². The predicted molar refractivity (Wildman–Crippen MR) is 75.1 cm³/mol. The van der Waals surface area contributed by atoms with E-state index in [0.29, 0.717) is 0 Å². The van der Waals surface area contributed by atoms with E-state index in [9.17, 15) is 0 Å². The Labute approximate surface area is 110 Å². The van der Waals surface area contributed by atoms with Gasteiger partial charge in [0.15, 0.2) is 0 Å². The first-order valence-corrected chi connectivity index (χ1v) is 6.50. The zero-order chi connectivity index (χ0) is 13.6. The fourth-order valence-corrected chi connectivity index (χ4v) is 1.97. The van der Waals surface area contributed by atoms with Gasteiger partial charge in [-0.1, -0.05) is 18.2 Å². The number of rotatable bonds is 7. The number of benzene rings is 1. The number of nitrogens with one attached hydrogen (secondary N) is 1. The average molecular weight is 251 g/mol. The van der Waals surface area contributed by atoms with Crippen molar-refractivity contribution in [2.24, 2.45) is 0 Å². The van der Waals surface area contributed by atoms with Crippen LogP contribution in [0.1, 0.15) is 39.3 Å². The molecule has 0 aliphatic heterocycles. The maximum Gasteiger partial charge on any atom is 0.123 e. The second-order valence-electron chi connectivity index (χ2n) is 5.04. The first kappa shape index (κ1) is 15.0. The average Bonchev–Trinajstić information content (AvgIpc) is 2.36. The first-order chi connectivity index (χ1) is 8.50. The van der Waals surface area contributed by atoms with Crippen LogP contribution in [0.5, 0.6) is 5.75 Å². The topological polar surface area (TPSA) is 30.5 Å². The van der Waals surface area contributed by atoms with E-state index in [1.165, 1.54) is 5.56 Å². The number of ether oxygens (including phenoxy) is 2. The lowest BCUT2D eigenvalue weighted by Gasteiger charge is -2.27. The SMILES string of the molecule is CCOC(C)(C)CNC(C)c1ccccc1OC. The van der Waals surface area contributed by atoms with Crippen LogP contribution < -0.4 is 10.1 Å². The van der Waals surface area contributed by atoms with Gasteiger partial charge in [0.25, 0.3) is 0 Å². The van der Waals surface area contributed by atoms with Crippen molar-refractivity contribution >= 4 is 0 Å². The van der Waals surface area contributed by atoms with Gasteiger partial charge in [0.05, 0.1) is 12.7 Å². The molecule has 3 nitrogen and oxygen atoms in total. The molecule has 0 bridgehead atoms. The second-order valence-corrected chi connectivity index (χ2v) is 5.04. The summed E-state index contributed by atoms with van der Waals surface area (Å²) >= 11 is 0. The van der Waals surface area contributed by atoms with Gasteiger partial charge in [-0.2, -0.15) is 0 Å². The lowest BCUT2D eigenvalue weighted by Crippen LogP contribution is -2.38. The smallest absolute Gasteiger partial charge is 0.123 e. The van der Waals surface area contributed by atoms with Crippen molar-refractivity contribution in [3.63, 3.8) is 0 Å². The van der Waals surface area contributed by atoms with E-state index in [2.05, 4.69) is 32.2 Å². The molecule has 0 fully saturated rings. The minimum Gasteiger partial charge on any atom is -0.496 e. The second kappa shape index (κ2) is 6.76. The molecule has 1 unspecified atom stereocenters. The van der Waals surface area contributed by atoms with Crippen molar-refractivity contribution in [3.05, 3.63) is 29.8 Å². The number of para-hydroxylation sites is 1. The van der Waals surface area contributed by atoms with Crippen LogP contribution >= 0.6 is 0 Å². The van der Waals surface area contributed by atoms with Gasteiger partial charge in [0.2, 0.25) is 0 Å². The molecule has 0 aromatic heterocycles. The molecule has 1 N–H and O–H groups in total. The third-order valence-electron chi connectivity index (χ3n) is 2.97. The highest BCUT2D eigenvalue weighted by Gasteiger charge is 2.19. The maximum absolute atomic E-state index is 5.68. The van der Waals surface area contributed by atoms with Gasteiger partial charge in [0.1, 0.15) is 5.75 Å². The molecule has 1 rings (SSSR count). The summed E-state index contributed by atoms with van der Waals surface area (Å²) in [6.07, 6.45) is 0. The van der Waals surface area contributed by atoms with Crippen LogP contribution in [0.4, 0.5) is 0 Å². The van der Waals surface area contributed by atoms with Crippen LogP contribution in [0.3, 0.4) is 0 Å². The van der Waals surface area contributed by atoms with E-state index in [-0.39, 0.29) is 11.6 Å². The Kier molecular flexibility index (Phi) is 5.63. The maximum atomic E-state index is 5.68. The van der Waals surface area contributed by atoms with Crippen molar-refractivity contribution in [2.45, 2.75) is 39.3 Å². The largest absolute Gasteiger partial charge is 0.496 e. The summed E-state index contributed by atoms with van der Waals surface area (Å²) in [4.78, 5) is 0. The molecule has 0 radical (unpaired) electrons. The van der Waals surface area contributed by atoms with Crippen LogP contribution in [0.25, 0.3) is 0 Å². The zero-order valence-corrected chi connectivity index (χ0v) is 12.1. The van der Waals surface area contributed by atoms with Crippen molar-refractivity contribution in [1.82, 2.24) is 5.32 Å². The highest BCUT2D eigenvalue weighted by Crippen LogP contribution is 2.24. The normalized spacial score (nSPS) is 13.4. The van der Waals surface area contributed by atoms with Crippen LogP contribution in [0.15, 0.2) is 24.3 Å². The molecule has 18 heavy (non-hydrogen) atoms. The number of hydrogen-bond donors (Lipinski definition) is 1. The summed E-state index contributed by atoms with van der Waals surface area (Å²) in [6.45, 7) is 9.89. The van der Waals surface area contributed by atoms with E-state index >= 15 is 0 Å². The third kappa shape index (κ3) is 4.31. The van der Waals surface area contributed by atoms with Gasteiger partial charge in [-0.25, -0.2) is 0 Å². The summed E-state index contributed by atoms with van der Waals surface area (Å²) in [5.41, 5.74) is 1.03. The van der Waals surface area contributed by atoms with E-state index in [1.807, 2.05) is 25.1 Å². The Morgan fingerprint density at radius 2 is 1.94 bits per heavy atom. The lowest BCUT2D eigenvalue weighted by molar-refractivity contribution is -0.0103. The molecule has 0 saturated heterocycles. The Balaban J connectivity index is 2.62. The molecule has 0 aliphatic carbocycles. The van der Waals surface area contributed by atoms with E-state index in [1.54, 1.807) is 7.11 Å². The molecule has 1 atom stereocenters. The van der Waals surface area contributed by atoms with Crippen LogP contribution in [-0.2, 0) is 4.74 Å². The summed E-state index contributed by atoms with van der Waals surface area (Å²) < 4.78 is 11.1. The number of hydrogen-bond acceptors (Lipinski definition) is 3. The molecule has 102 valence electrons. The Morgan fingerprint density at radius 3 is 2.56 bits per heavy atom. The van der Waals surface area contributed by atoms with Crippen molar-refractivity contribution in [1.29, 1.82) is 0 Å².